The number of anilines is 1. The fourth-order valence-corrected chi connectivity index (χ4v) is 2.48. The van der Waals surface area contributed by atoms with Crippen molar-refractivity contribution in [3.05, 3.63) is 64.2 Å². The van der Waals surface area contributed by atoms with Crippen molar-refractivity contribution in [1.29, 1.82) is 5.26 Å². The van der Waals surface area contributed by atoms with Crippen molar-refractivity contribution in [2.24, 2.45) is 0 Å². The maximum absolute atomic E-state index is 14.4. The highest BCUT2D eigenvalue weighted by Crippen LogP contribution is 2.31. The molecule has 4 heteroatoms. The lowest BCUT2D eigenvalue weighted by atomic mass is 9.91. The lowest BCUT2D eigenvalue weighted by Gasteiger charge is -2.14. The number of aromatic nitrogens is 1. The van der Waals surface area contributed by atoms with Crippen LogP contribution in [0.4, 0.5) is 10.1 Å². The van der Waals surface area contributed by atoms with Crippen molar-refractivity contribution in [1.82, 2.24) is 4.98 Å². The monoisotopic (exact) mass is 295 g/mol. The van der Waals surface area contributed by atoms with E-state index in [0.717, 1.165) is 23.1 Å². The first-order valence-electron chi connectivity index (χ1n) is 7.10. The average Bonchev–Trinajstić information content (AvgIpc) is 2.49. The molecule has 0 saturated carbocycles. The SMILES string of the molecule is CC/C=C(\c1cc(C#N)c(C)cc1C)c1cncc(N)c1F. The molecule has 2 aromatic rings. The number of nitriles is 1. The molecule has 2 N–H and O–H groups in total. The first kappa shape index (κ1) is 15.7. The number of halogens is 1. The van der Waals surface area contributed by atoms with Crippen LogP contribution in [-0.4, -0.2) is 4.98 Å². The number of benzene rings is 1. The van der Waals surface area contributed by atoms with Gasteiger partial charge in [-0.25, -0.2) is 4.39 Å². The highest BCUT2D eigenvalue weighted by molar-refractivity contribution is 5.83. The van der Waals surface area contributed by atoms with Crippen LogP contribution >= 0.6 is 0 Å². The van der Waals surface area contributed by atoms with E-state index in [4.69, 9.17) is 5.73 Å². The third kappa shape index (κ3) is 2.84. The van der Waals surface area contributed by atoms with E-state index < -0.39 is 5.82 Å². The Kier molecular flexibility index (Phi) is 4.57. The Balaban J connectivity index is 2.72. The van der Waals surface area contributed by atoms with Gasteiger partial charge in [-0.05, 0) is 48.6 Å². The largest absolute Gasteiger partial charge is 0.395 e. The number of rotatable bonds is 3. The van der Waals surface area contributed by atoms with E-state index in [1.807, 2.05) is 32.9 Å². The van der Waals surface area contributed by atoms with Gasteiger partial charge in [0.1, 0.15) is 0 Å². The van der Waals surface area contributed by atoms with Crippen LogP contribution in [0.3, 0.4) is 0 Å². The normalized spacial score (nSPS) is 11.3. The maximum atomic E-state index is 14.4. The van der Waals surface area contributed by atoms with Gasteiger partial charge in [0.2, 0.25) is 0 Å². The van der Waals surface area contributed by atoms with E-state index >= 15 is 0 Å². The molecule has 1 aromatic carbocycles. The molecule has 0 saturated heterocycles. The molecule has 0 amide bonds. The molecule has 0 aliphatic carbocycles. The molecule has 0 atom stereocenters. The zero-order valence-corrected chi connectivity index (χ0v) is 12.9. The Labute approximate surface area is 129 Å². The van der Waals surface area contributed by atoms with Gasteiger partial charge in [-0.3, -0.25) is 4.98 Å². The molecule has 1 aromatic heterocycles. The number of allylic oxidation sites excluding steroid dienone is 1. The molecular formula is C18H18FN3. The highest BCUT2D eigenvalue weighted by Gasteiger charge is 2.16. The summed E-state index contributed by atoms with van der Waals surface area (Å²) in [5.74, 6) is -0.479. The van der Waals surface area contributed by atoms with Gasteiger partial charge < -0.3 is 5.73 Å². The summed E-state index contributed by atoms with van der Waals surface area (Å²) in [5, 5.41) is 9.24. The standard InChI is InChI=1S/C18H18FN3/c1-4-5-14(16-9-22-10-17(21)18(16)19)15-7-13(8-20)11(2)6-12(15)3/h5-7,9-10H,4,21H2,1-3H3/b14-5+. The summed E-state index contributed by atoms with van der Waals surface area (Å²) >= 11 is 0. The second kappa shape index (κ2) is 6.40. The predicted octanol–water partition coefficient (Wildman–Crippen LogP) is 4.13. The zero-order valence-electron chi connectivity index (χ0n) is 12.9. The molecule has 0 aliphatic rings. The molecule has 22 heavy (non-hydrogen) atoms. The van der Waals surface area contributed by atoms with Crippen LogP contribution < -0.4 is 5.73 Å². The highest BCUT2D eigenvalue weighted by atomic mass is 19.1. The van der Waals surface area contributed by atoms with E-state index in [1.54, 1.807) is 6.07 Å². The fraction of sp³-hybridized carbons (Fsp3) is 0.222. The van der Waals surface area contributed by atoms with Gasteiger partial charge in [0.15, 0.2) is 5.82 Å². The van der Waals surface area contributed by atoms with Crippen molar-refractivity contribution in [2.75, 3.05) is 5.73 Å². The van der Waals surface area contributed by atoms with Crippen LogP contribution in [0.2, 0.25) is 0 Å². The van der Waals surface area contributed by atoms with Gasteiger partial charge in [0.05, 0.1) is 23.5 Å². The van der Waals surface area contributed by atoms with Crippen molar-refractivity contribution in [3.8, 4) is 6.07 Å². The van der Waals surface area contributed by atoms with Crippen LogP contribution in [0, 0.1) is 31.0 Å². The maximum Gasteiger partial charge on any atom is 0.157 e. The van der Waals surface area contributed by atoms with Crippen LogP contribution in [0.15, 0.2) is 30.6 Å². The second-order valence-electron chi connectivity index (χ2n) is 5.21. The Morgan fingerprint density at radius 2 is 2.00 bits per heavy atom. The Morgan fingerprint density at radius 3 is 2.64 bits per heavy atom. The predicted molar refractivity (Wildman–Crippen MR) is 86.6 cm³/mol. The summed E-state index contributed by atoms with van der Waals surface area (Å²) in [6.07, 6.45) is 5.43. The van der Waals surface area contributed by atoms with Crippen LogP contribution in [0.1, 0.15) is 41.2 Å². The van der Waals surface area contributed by atoms with E-state index in [1.165, 1.54) is 12.4 Å². The Hall–Kier alpha value is -2.67. The molecule has 1 heterocycles. The number of nitrogens with two attached hydrogens (primary N) is 1. The van der Waals surface area contributed by atoms with Crippen molar-refractivity contribution >= 4 is 11.3 Å². The molecule has 2 rings (SSSR count). The van der Waals surface area contributed by atoms with Gasteiger partial charge in [-0.1, -0.05) is 19.1 Å². The van der Waals surface area contributed by atoms with Gasteiger partial charge in [0, 0.05) is 11.8 Å². The molecule has 3 nitrogen and oxygen atoms in total. The smallest absolute Gasteiger partial charge is 0.157 e. The van der Waals surface area contributed by atoms with E-state index in [2.05, 4.69) is 11.1 Å². The lowest BCUT2D eigenvalue weighted by molar-refractivity contribution is 0.626. The van der Waals surface area contributed by atoms with Crippen LogP contribution in [0.25, 0.3) is 5.57 Å². The number of pyridine rings is 1. The van der Waals surface area contributed by atoms with Crippen LogP contribution in [0.5, 0.6) is 0 Å². The van der Waals surface area contributed by atoms with E-state index in [0.29, 0.717) is 16.7 Å². The van der Waals surface area contributed by atoms with Crippen molar-refractivity contribution < 1.29 is 4.39 Å². The molecule has 0 spiro atoms. The molecule has 0 unspecified atom stereocenters. The third-order valence-electron chi connectivity index (χ3n) is 3.59. The number of nitrogens with zero attached hydrogens (tertiary/aromatic N) is 2. The molecule has 0 bridgehead atoms. The number of aryl methyl sites for hydroxylation is 2. The number of hydrogen-bond donors (Lipinski definition) is 1. The summed E-state index contributed by atoms with van der Waals surface area (Å²) < 4.78 is 14.4. The summed E-state index contributed by atoms with van der Waals surface area (Å²) in [6, 6.07) is 5.92. The number of hydrogen-bond acceptors (Lipinski definition) is 3. The van der Waals surface area contributed by atoms with Crippen molar-refractivity contribution in [3.63, 3.8) is 0 Å². The minimum atomic E-state index is -0.479. The van der Waals surface area contributed by atoms with Gasteiger partial charge in [-0.15, -0.1) is 0 Å². The fourth-order valence-electron chi connectivity index (χ4n) is 2.48. The Bertz CT molecular complexity index is 786. The average molecular weight is 295 g/mol. The van der Waals surface area contributed by atoms with E-state index in [9.17, 15) is 9.65 Å². The molecular weight excluding hydrogens is 277 g/mol. The molecule has 0 aliphatic heterocycles. The molecule has 112 valence electrons. The van der Waals surface area contributed by atoms with Crippen molar-refractivity contribution in [2.45, 2.75) is 27.2 Å². The first-order valence-corrected chi connectivity index (χ1v) is 7.10. The number of nitrogen functional groups attached to an aromatic ring is 1. The molecule has 0 fully saturated rings. The molecule has 0 radical (unpaired) electrons. The summed E-state index contributed by atoms with van der Waals surface area (Å²) in [7, 11) is 0. The van der Waals surface area contributed by atoms with E-state index in [-0.39, 0.29) is 5.69 Å². The minimum Gasteiger partial charge on any atom is -0.395 e. The summed E-state index contributed by atoms with van der Waals surface area (Å²) in [4.78, 5) is 3.99. The quantitative estimate of drug-likeness (QED) is 0.926. The van der Waals surface area contributed by atoms with Gasteiger partial charge in [-0.2, -0.15) is 5.26 Å². The topological polar surface area (TPSA) is 62.7 Å². The zero-order chi connectivity index (χ0) is 16.3. The van der Waals surface area contributed by atoms with Gasteiger partial charge in [0.25, 0.3) is 0 Å². The second-order valence-corrected chi connectivity index (χ2v) is 5.21. The first-order chi connectivity index (χ1) is 10.5. The third-order valence-corrected chi connectivity index (χ3v) is 3.59. The summed E-state index contributed by atoms with van der Waals surface area (Å²) in [5.41, 5.74) is 10.0. The minimum absolute atomic E-state index is 0.0183. The lowest BCUT2D eigenvalue weighted by Crippen LogP contribution is -2.01. The Morgan fingerprint density at radius 1 is 1.27 bits per heavy atom. The van der Waals surface area contributed by atoms with Crippen LogP contribution in [-0.2, 0) is 0 Å². The summed E-state index contributed by atoms with van der Waals surface area (Å²) in [6.45, 7) is 5.82. The van der Waals surface area contributed by atoms with Gasteiger partial charge >= 0.3 is 0 Å².